The fourth-order valence-electron chi connectivity index (χ4n) is 2.55. The van der Waals surface area contributed by atoms with Crippen LogP contribution in [0.5, 0.6) is 0 Å². The van der Waals surface area contributed by atoms with Gasteiger partial charge in [0.1, 0.15) is 0 Å². The maximum atomic E-state index is 4.33. The van der Waals surface area contributed by atoms with E-state index in [9.17, 15) is 0 Å². The van der Waals surface area contributed by atoms with Gasteiger partial charge in [-0.05, 0) is 45.6 Å². The fourth-order valence-corrected chi connectivity index (χ4v) is 3.38. The third kappa shape index (κ3) is 5.35. The van der Waals surface area contributed by atoms with Gasteiger partial charge in [-0.2, -0.15) is 0 Å². The minimum absolute atomic E-state index is 0.299. The van der Waals surface area contributed by atoms with Crippen LogP contribution in [0.3, 0.4) is 0 Å². The highest BCUT2D eigenvalue weighted by Crippen LogP contribution is 2.18. The maximum Gasteiger partial charge on any atom is 0.191 e. The second-order valence-corrected chi connectivity index (χ2v) is 7.58. The summed E-state index contributed by atoms with van der Waals surface area (Å²) in [6.45, 7) is 5.85. The van der Waals surface area contributed by atoms with Gasteiger partial charge in [0.2, 0.25) is 0 Å². The highest BCUT2D eigenvalue weighted by Gasteiger charge is 2.14. The van der Waals surface area contributed by atoms with Crippen LogP contribution in [-0.2, 0) is 6.54 Å². The van der Waals surface area contributed by atoms with Crippen LogP contribution in [0.4, 0.5) is 0 Å². The molecule has 0 aliphatic rings. The van der Waals surface area contributed by atoms with E-state index in [0.717, 1.165) is 19.0 Å². The lowest BCUT2D eigenvalue weighted by molar-refractivity contribution is 0.298. The molecule has 0 radical (unpaired) electrons. The van der Waals surface area contributed by atoms with Gasteiger partial charge in [0.25, 0.3) is 0 Å². The zero-order chi connectivity index (χ0) is 17.5. The van der Waals surface area contributed by atoms with Gasteiger partial charge in [-0.3, -0.25) is 4.99 Å². The van der Waals surface area contributed by atoms with Crippen molar-refractivity contribution in [1.82, 2.24) is 15.5 Å². The molecule has 0 aliphatic heterocycles. The van der Waals surface area contributed by atoms with Crippen LogP contribution in [0, 0.1) is 13.8 Å². The van der Waals surface area contributed by atoms with E-state index in [2.05, 4.69) is 84.9 Å². The molecular formula is C19H28N4S. The minimum Gasteiger partial charge on any atom is -0.354 e. The lowest BCUT2D eigenvalue weighted by Gasteiger charge is -2.26. The SMILES string of the molecule is CN=C(NCc1ccc(C)s1)NCC(c1ccc(C)cc1)N(C)C. The zero-order valence-corrected chi connectivity index (χ0v) is 16.1. The molecule has 2 rings (SSSR count). The first-order valence-electron chi connectivity index (χ1n) is 8.22. The summed E-state index contributed by atoms with van der Waals surface area (Å²) in [5.41, 5.74) is 2.59. The van der Waals surface area contributed by atoms with Crippen LogP contribution in [0.1, 0.15) is 26.9 Å². The molecule has 2 aromatic rings. The number of aliphatic imine (C=N–C) groups is 1. The Hall–Kier alpha value is -1.85. The highest BCUT2D eigenvalue weighted by atomic mass is 32.1. The molecule has 24 heavy (non-hydrogen) atoms. The first kappa shape index (κ1) is 18.5. The molecule has 0 amide bonds. The van der Waals surface area contributed by atoms with Crippen molar-refractivity contribution >= 4 is 17.3 Å². The average Bonchev–Trinajstić information content (AvgIpc) is 2.97. The lowest BCUT2D eigenvalue weighted by Crippen LogP contribution is -2.41. The molecule has 1 aromatic carbocycles. The maximum absolute atomic E-state index is 4.33. The Balaban J connectivity index is 1.93. The summed E-state index contributed by atoms with van der Waals surface area (Å²) in [6.07, 6.45) is 0. The molecule has 130 valence electrons. The van der Waals surface area contributed by atoms with Gasteiger partial charge in [0, 0.05) is 23.3 Å². The van der Waals surface area contributed by atoms with E-state index in [-0.39, 0.29) is 0 Å². The van der Waals surface area contributed by atoms with E-state index in [4.69, 9.17) is 0 Å². The fraction of sp³-hybridized carbons (Fsp3) is 0.421. The topological polar surface area (TPSA) is 39.7 Å². The number of nitrogens with zero attached hydrogens (tertiary/aromatic N) is 2. The summed E-state index contributed by atoms with van der Waals surface area (Å²) in [4.78, 5) is 9.21. The molecule has 0 aliphatic carbocycles. The van der Waals surface area contributed by atoms with Crippen molar-refractivity contribution in [3.63, 3.8) is 0 Å². The minimum atomic E-state index is 0.299. The number of benzene rings is 1. The first-order chi connectivity index (χ1) is 11.5. The first-order valence-corrected chi connectivity index (χ1v) is 9.04. The van der Waals surface area contributed by atoms with E-state index < -0.39 is 0 Å². The third-order valence-corrected chi connectivity index (χ3v) is 5.00. The Morgan fingerprint density at radius 1 is 1.08 bits per heavy atom. The highest BCUT2D eigenvalue weighted by molar-refractivity contribution is 7.11. The van der Waals surface area contributed by atoms with Crippen molar-refractivity contribution in [2.75, 3.05) is 27.7 Å². The number of nitrogens with one attached hydrogen (secondary N) is 2. The van der Waals surface area contributed by atoms with E-state index in [1.54, 1.807) is 0 Å². The Bertz CT molecular complexity index is 658. The monoisotopic (exact) mass is 344 g/mol. The van der Waals surface area contributed by atoms with Crippen LogP contribution in [0.25, 0.3) is 0 Å². The number of thiophene rings is 1. The van der Waals surface area contributed by atoms with Gasteiger partial charge in [-0.15, -0.1) is 11.3 Å². The van der Waals surface area contributed by atoms with Crippen molar-refractivity contribution in [2.45, 2.75) is 26.4 Å². The molecule has 0 saturated carbocycles. The number of aryl methyl sites for hydroxylation is 2. The summed E-state index contributed by atoms with van der Waals surface area (Å²) in [5, 5.41) is 6.83. The van der Waals surface area contributed by atoms with E-state index in [1.165, 1.54) is 20.9 Å². The number of guanidine groups is 1. The predicted molar refractivity (Wildman–Crippen MR) is 105 cm³/mol. The lowest BCUT2D eigenvalue weighted by atomic mass is 10.0. The molecular weight excluding hydrogens is 316 g/mol. The largest absolute Gasteiger partial charge is 0.354 e. The molecule has 1 atom stereocenters. The molecule has 2 N–H and O–H groups in total. The normalized spacial score (nSPS) is 13.2. The molecule has 0 bridgehead atoms. The smallest absolute Gasteiger partial charge is 0.191 e. The van der Waals surface area contributed by atoms with Gasteiger partial charge in [-0.1, -0.05) is 29.8 Å². The summed E-state index contributed by atoms with van der Waals surface area (Å²) >= 11 is 1.81. The molecule has 4 nitrogen and oxygen atoms in total. The van der Waals surface area contributed by atoms with Crippen LogP contribution in [0.15, 0.2) is 41.4 Å². The van der Waals surface area contributed by atoms with Crippen molar-refractivity contribution in [3.8, 4) is 0 Å². The molecule has 0 saturated heterocycles. The van der Waals surface area contributed by atoms with Crippen molar-refractivity contribution < 1.29 is 0 Å². The van der Waals surface area contributed by atoms with Gasteiger partial charge < -0.3 is 15.5 Å². The molecule has 5 heteroatoms. The van der Waals surface area contributed by atoms with Crippen molar-refractivity contribution in [2.24, 2.45) is 4.99 Å². The molecule has 1 aromatic heterocycles. The molecule has 0 fully saturated rings. The predicted octanol–water partition coefficient (Wildman–Crippen LogP) is 3.33. The molecule has 1 heterocycles. The van der Waals surface area contributed by atoms with Gasteiger partial charge in [0.05, 0.1) is 12.6 Å². The number of likely N-dealkylation sites (N-methyl/N-ethyl adjacent to an activating group) is 1. The van der Waals surface area contributed by atoms with Crippen LogP contribution >= 0.6 is 11.3 Å². The van der Waals surface area contributed by atoms with Crippen molar-refractivity contribution in [1.29, 1.82) is 0 Å². The van der Waals surface area contributed by atoms with E-state index in [0.29, 0.717) is 6.04 Å². The van der Waals surface area contributed by atoms with Gasteiger partial charge in [0.15, 0.2) is 5.96 Å². The second-order valence-electron chi connectivity index (χ2n) is 6.21. The van der Waals surface area contributed by atoms with Crippen LogP contribution in [-0.4, -0.2) is 38.5 Å². The Morgan fingerprint density at radius 2 is 1.79 bits per heavy atom. The van der Waals surface area contributed by atoms with Crippen LogP contribution < -0.4 is 10.6 Å². The van der Waals surface area contributed by atoms with Crippen molar-refractivity contribution in [3.05, 3.63) is 57.3 Å². The number of rotatable bonds is 6. The Morgan fingerprint density at radius 3 is 2.33 bits per heavy atom. The zero-order valence-electron chi connectivity index (χ0n) is 15.3. The number of hydrogen-bond donors (Lipinski definition) is 2. The second kappa shape index (κ2) is 8.85. The van der Waals surface area contributed by atoms with Gasteiger partial charge in [-0.25, -0.2) is 0 Å². The van der Waals surface area contributed by atoms with E-state index in [1.807, 2.05) is 18.4 Å². The third-order valence-electron chi connectivity index (χ3n) is 4.00. The van der Waals surface area contributed by atoms with Crippen LogP contribution in [0.2, 0.25) is 0 Å². The average molecular weight is 345 g/mol. The standard InChI is InChI=1S/C19H28N4S/c1-14-6-9-16(10-7-14)18(23(4)5)13-22-19(20-3)21-12-17-11-8-15(2)24-17/h6-11,18H,12-13H2,1-5H3,(H2,20,21,22). The summed E-state index contributed by atoms with van der Waals surface area (Å²) < 4.78 is 0. The summed E-state index contributed by atoms with van der Waals surface area (Å²) in [7, 11) is 6.03. The Kier molecular flexibility index (Phi) is 6.82. The summed E-state index contributed by atoms with van der Waals surface area (Å²) in [6, 6.07) is 13.3. The number of hydrogen-bond acceptors (Lipinski definition) is 3. The summed E-state index contributed by atoms with van der Waals surface area (Å²) in [5.74, 6) is 0.833. The van der Waals surface area contributed by atoms with E-state index >= 15 is 0 Å². The molecule has 0 spiro atoms. The quantitative estimate of drug-likeness (QED) is 0.624. The molecule has 1 unspecified atom stereocenters. The Labute approximate surface area is 149 Å². The van der Waals surface area contributed by atoms with Gasteiger partial charge >= 0.3 is 0 Å².